The molecule has 2 N–H and O–H groups in total. The minimum Gasteiger partial charge on any atom is -0.399 e. The standard InChI is InChI=1S/C24H20N4/c1-15-11-17(25)3-5-19(15)20-6-4-18(12-16(20)2)28-23-7-9-26-13-21(23)22-14-27-10-8-24(22)28/h3-14H,25H2,1-2H3. The Labute approximate surface area is 163 Å². The number of nitrogens with two attached hydrogens (primary N) is 1. The Morgan fingerprint density at radius 1 is 0.714 bits per heavy atom. The molecular formula is C24H20N4. The Morgan fingerprint density at radius 2 is 1.29 bits per heavy atom. The lowest BCUT2D eigenvalue weighted by molar-refractivity contribution is 1.16. The van der Waals surface area contributed by atoms with Crippen LogP contribution in [0.15, 0.2) is 73.3 Å². The molecule has 4 heteroatoms. The average molecular weight is 364 g/mol. The van der Waals surface area contributed by atoms with Crippen LogP contribution in [0.4, 0.5) is 5.69 Å². The fourth-order valence-corrected chi connectivity index (χ4v) is 4.07. The van der Waals surface area contributed by atoms with Crippen LogP contribution in [0, 0.1) is 13.8 Å². The normalized spacial score (nSPS) is 11.4. The number of hydrogen-bond acceptors (Lipinski definition) is 3. The number of rotatable bonds is 2. The van der Waals surface area contributed by atoms with E-state index in [0.717, 1.165) is 33.2 Å². The summed E-state index contributed by atoms with van der Waals surface area (Å²) in [6, 6.07) is 16.8. The zero-order chi connectivity index (χ0) is 19.3. The number of nitrogen functional groups attached to an aromatic ring is 1. The van der Waals surface area contributed by atoms with Gasteiger partial charge >= 0.3 is 0 Å². The molecule has 0 unspecified atom stereocenters. The quantitative estimate of drug-likeness (QED) is 0.424. The highest BCUT2D eigenvalue weighted by molar-refractivity contribution is 6.08. The summed E-state index contributed by atoms with van der Waals surface area (Å²) in [7, 11) is 0. The summed E-state index contributed by atoms with van der Waals surface area (Å²) in [6.45, 7) is 4.26. The molecule has 2 aromatic carbocycles. The summed E-state index contributed by atoms with van der Waals surface area (Å²) in [4.78, 5) is 8.61. The highest BCUT2D eigenvalue weighted by Gasteiger charge is 2.13. The topological polar surface area (TPSA) is 56.7 Å². The maximum atomic E-state index is 5.92. The van der Waals surface area contributed by atoms with Crippen molar-refractivity contribution in [3.05, 3.63) is 84.4 Å². The molecule has 5 rings (SSSR count). The third-order valence-corrected chi connectivity index (χ3v) is 5.38. The van der Waals surface area contributed by atoms with Crippen molar-refractivity contribution in [2.24, 2.45) is 0 Å². The van der Waals surface area contributed by atoms with Crippen LogP contribution in [0.2, 0.25) is 0 Å². The van der Waals surface area contributed by atoms with Gasteiger partial charge in [0, 0.05) is 46.9 Å². The van der Waals surface area contributed by atoms with E-state index in [1.165, 1.54) is 22.3 Å². The van der Waals surface area contributed by atoms with Crippen molar-refractivity contribution < 1.29 is 0 Å². The fraction of sp³-hybridized carbons (Fsp3) is 0.0833. The molecule has 0 spiro atoms. The Kier molecular flexibility index (Phi) is 3.66. The van der Waals surface area contributed by atoms with Crippen LogP contribution in [0.25, 0.3) is 38.6 Å². The van der Waals surface area contributed by atoms with Crippen LogP contribution >= 0.6 is 0 Å². The van der Waals surface area contributed by atoms with Crippen molar-refractivity contribution in [3.8, 4) is 16.8 Å². The highest BCUT2D eigenvalue weighted by atomic mass is 15.0. The van der Waals surface area contributed by atoms with Crippen LogP contribution in [0.3, 0.4) is 0 Å². The van der Waals surface area contributed by atoms with E-state index in [2.05, 4.69) is 64.8 Å². The van der Waals surface area contributed by atoms with Crippen LogP contribution in [-0.2, 0) is 0 Å². The van der Waals surface area contributed by atoms with Crippen molar-refractivity contribution in [3.63, 3.8) is 0 Å². The van der Waals surface area contributed by atoms with Gasteiger partial charge in [0.05, 0.1) is 11.0 Å². The summed E-state index contributed by atoms with van der Waals surface area (Å²) in [5.41, 5.74) is 15.0. The lowest BCUT2D eigenvalue weighted by Gasteiger charge is -2.14. The molecule has 0 aliphatic carbocycles. The van der Waals surface area contributed by atoms with Gasteiger partial charge in [-0.2, -0.15) is 0 Å². The van der Waals surface area contributed by atoms with Crippen LogP contribution in [0.1, 0.15) is 11.1 Å². The first kappa shape index (κ1) is 16.5. The van der Waals surface area contributed by atoms with E-state index in [1.54, 1.807) is 0 Å². The minimum absolute atomic E-state index is 0.794. The Hall–Kier alpha value is -3.66. The van der Waals surface area contributed by atoms with Crippen molar-refractivity contribution >= 4 is 27.5 Å². The van der Waals surface area contributed by atoms with E-state index in [1.807, 2.05) is 36.9 Å². The predicted molar refractivity (Wildman–Crippen MR) is 116 cm³/mol. The zero-order valence-corrected chi connectivity index (χ0v) is 15.8. The summed E-state index contributed by atoms with van der Waals surface area (Å²) in [5.74, 6) is 0. The lowest BCUT2D eigenvalue weighted by atomic mass is 9.96. The number of pyridine rings is 2. The third-order valence-electron chi connectivity index (χ3n) is 5.38. The number of aromatic nitrogens is 3. The second-order valence-electron chi connectivity index (χ2n) is 7.19. The SMILES string of the molecule is Cc1cc(N)ccc1-c1ccc(-n2c3ccncc3c3cnccc32)cc1C. The number of aryl methyl sites for hydroxylation is 2. The summed E-state index contributed by atoms with van der Waals surface area (Å²) < 4.78 is 2.28. The van der Waals surface area contributed by atoms with Crippen LogP contribution < -0.4 is 5.73 Å². The maximum Gasteiger partial charge on any atom is 0.0572 e. The van der Waals surface area contributed by atoms with Crippen molar-refractivity contribution in [1.82, 2.24) is 14.5 Å². The largest absolute Gasteiger partial charge is 0.399 e. The van der Waals surface area contributed by atoms with Crippen LogP contribution in [-0.4, -0.2) is 14.5 Å². The van der Waals surface area contributed by atoms with Gasteiger partial charge in [-0.25, -0.2) is 0 Å². The van der Waals surface area contributed by atoms with Gasteiger partial charge in [0.1, 0.15) is 0 Å². The van der Waals surface area contributed by atoms with Gasteiger partial charge < -0.3 is 10.3 Å². The van der Waals surface area contributed by atoms with E-state index in [4.69, 9.17) is 5.73 Å². The van der Waals surface area contributed by atoms with Gasteiger partial charge in [0.2, 0.25) is 0 Å². The smallest absolute Gasteiger partial charge is 0.0572 e. The summed E-state index contributed by atoms with van der Waals surface area (Å²) >= 11 is 0. The van der Waals surface area contributed by atoms with Crippen molar-refractivity contribution in [2.45, 2.75) is 13.8 Å². The first-order valence-electron chi connectivity index (χ1n) is 9.29. The Bertz CT molecular complexity index is 1290. The van der Waals surface area contributed by atoms with Crippen molar-refractivity contribution in [1.29, 1.82) is 0 Å². The number of fused-ring (bicyclic) bond motifs is 3. The molecule has 0 bridgehead atoms. The predicted octanol–water partition coefficient (Wildman–Crippen LogP) is 5.44. The summed E-state index contributed by atoms with van der Waals surface area (Å²) in [6.07, 6.45) is 7.50. The molecular weight excluding hydrogens is 344 g/mol. The molecule has 28 heavy (non-hydrogen) atoms. The molecule has 0 saturated heterocycles. The molecule has 0 aliphatic rings. The molecule has 3 aromatic heterocycles. The minimum atomic E-state index is 0.794. The van der Waals surface area contributed by atoms with Gasteiger partial charge in [-0.1, -0.05) is 12.1 Å². The number of hydrogen-bond donors (Lipinski definition) is 1. The Morgan fingerprint density at radius 3 is 1.86 bits per heavy atom. The Balaban J connectivity index is 1.74. The van der Waals surface area contributed by atoms with Gasteiger partial charge in [0.15, 0.2) is 0 Å². The first-order valence-corrected chi connectivity index (χ1v) is 9.29. The zero-order valence-electron chi connectivity index (χ0n) is 15.8. The van der Waals surface area contributed by atoms with E-state index in [0.29, 0.717) is 0 Å². The second kappa shape index (κ2) is 6.20. The fourth-order valence-electron chi connectivity index (χ4n) is 4.07. The second-order valence-corrected chi connectivity index (χ2v) is 7.19. The molecule has 0 fully saturated rings. The molecule has 0 amide bonds. The van der Waals surface area contributed by atoms with Gasteiger partial charge in [-0.05, 0) is 72.5 Å². The molecule has 0 aliphatic heterocycles. The van der Waals surface area contributed by atoms with Gasteiger partial charge in [-0.3, -0.25) is 9.97 Å². The summed E-state index contributed by atoms with van der Waals surface area (Å²) in [5, 5.41) is 2.23. The highest BCUT2D eigenvalue weighted by Crippen LogP contribution is 2.34. The van der Waals surface area contributed by atoms with Crippen molar-refractivity contribution in [2.75, 3.05) is 5.73 Å². The maximum absolute atomic E-state index is 5.92. The molecule has 0 radical (unpaired) electrons. The average Bonchev–Trinajstić information content (AvgIpc) is 3.03. The lowest BCUT2D eigenvalue weighted by Crippen LogP contribution is -1.96. The van der Waals surface area contributed by atoms with Gasteiger partial charge in [-0.15, -0.1) is 0 Å². The molecule has 0 saturated carbocycles. The number of anilines is 1. The molecule has 3 heterocycles. The molecule has 5 aromatic rings. The van der Waals surface area contributed by atoms with Gasteiger partial charge in [0.25, 0.3) is 0 Å². The van der Waals surface area contributed by atoms with Crippen LogP contribution in [0.5, 0.6) is 0 Å². The van der Waals surface area contributed by atoms with E-state index >= 15 is 0 Å². The van der Waals surface area contributed by atoms with E-state index < -0.39 is 0 Å². The molecule has 136 valence electrons. The molecule has 0 atom stereocenters. The van der Waals surface area contributed by atoms with E-state index in [-0.39, 0.29) is 0 Å². The first-order chi connectivity index (χ1) is 13.6. The number of benzene rings is 2. The monoisotopic (exact) mass is 364 g/mol. The third kappa shape index (κ3) is 2.46. The molecule has 4 nitrogen and oxygen atoms in total. The van der Waals surface area contributed by atoms with E-state index in [9.17, 15) is 0 Å². The number of nitrogens with zero attached hydrogens (tertiary/aromatic N) is 3.